The molecule has 0 atom stereocenters. The maximum absolute atomic E-state index is 10.2. The zero-order chi connectivity index (χ0) is 12.3. The van der Waals surface area contributed by atoms with Crippen LogP contribution in [0.1, 0.15) is 0 Å². The van der Waals surface area contributed by atoms with Crippen molar-refractivity contribution < 1.29 is 28.0 Å². The molecule has 90 valence electrons. The van der Waals surface area contributed by atoms with Crippen molar-refractivity contribution in [3.63, 3.8) is 0 Å². The van der Waals surface area contributed by atoms with E-state index in [1.807, 2.05) is 6.08 Å². The summed E-state index contributed by atoms with van der Waals surface area (Å²) in [6.45, 7) is 1.05. The summed E-state index contributed by atoms with van der Waals surface area (Å²) in [6, 6.07) is 0. The minimum atomic E-state index is -3.12. The van der Waals surface area contributed by atoms with E-state index in [0.29, 0.717) is 0 Å². The van der Waals surface area contributed by atoms with Crippen LogP contribution in [0.25, 0.3) is 0 Å². The highest BCUT2D eigenvalue weighted by Gasteiger charge is 1.86. The van der Waals surface area contributed by atoms with Crippen LogP contribution in [0.3, 0.4) is 0 Å². The zero-order valence-corrected chi connectivity index (χ0v) is 9.69. The van der Waals surface area contributed by atoms with E-state index in [-0.39, 0.29) is 0 Å². The van der Waals surface area contributed by atoms with Crippen molar-refractivity contribution >= 4 is 17.4 Å². The number of hydrogen-bond acceptors (Lipinski definition) is 5. The third-order valence-electron chi connectivity index (χ3n) is 0.981. The molecule has 0 radical (unpaired) electrons. The molecule has 0 saturated heterocycles. The van der Waals surface area contributed by atoms with E-state index in [9.17, 15) is 8.39 Å². The van der Waals surface area contributed by atoms with E-state index in [1.165, 1.54) is 0 Å². The van der Waals surface area contributed by atoms with Crippen LogP contribution in [-0.2, 0) is 0 Å². The molecule has 0 unspecified atom stereocenters. The number of hydrogen-bond donors (Lipinski definition) is 4. The van der Waals surface area contributed by atoms with Crippen molar-refractivity contribution in [3.05, 3.63) is 24.4 Å². The summed E-state index contributed by atoms with van der Waals surface area (Å²) in [5.41, 5.74) is 0. The molecule has 4 N–H and O–H groups in total. The van der Waals surface area contributed by atoms with E-state index in [2.05, 4.69) is 30.3 Å². The lowest BCUT2D eigenvalue weighted by atomic mass is 10.4. The van der Waals surface area contributed by atoms with Gasteiger partial charge in [-0.25, -0.2) is 0 Å². The van der Waals surface area contributed by atoms with E-state index in [4.69, 9.17) is 19.6 Å². The van der Waals surface area contributed by atoms with Crippen LogP contribution in [0.2, 0.25) is 0 Å². The minimum absolute atomic E-state index is 1.05. The summed E-state index contributed by atoms with van der Waals surface area (Å²) < 4.78 is 20.4. The average molecular weight is 263 g/mol. The maximum Gasteiger partial charge on any atom is 0.369 e. The van der Waals surface area contributed by atoms with Crippen LogP contribution >= 0.6 is 17.4 Å². The molecule has 0 saturated carbocycles. The van der Waals surface area contributed by atoms with Crippen molar-refractivity contribution in [1.29, 1.82) is 0 Å². The standard InChI is InChI=1S/C6H9N.2FH2O2P/c1-7-5-3-2-4-6-7;2*1-4(2)3/h2-5H,6H2,1H3;2*2-3H. The van der Waals surface area contributed by atoms with Gasteiger partial charge in [-0.15, -0.1) is 0 Å². The molecule has 0 aromatic carbocycles. The van der Waals surface area contributed by atoms with Crippen molar-refractivity contribution in [3.8, 4) is 0 Å². The van der Waals surface area contributed by atoms with Gasteiger partial charge in [-0.3, -0.25) is 0 Å². The molecule has 0 amide bonds. The predicted octanol–water partition coefficient (Wildman–Crippen LogP) is 1.34. The number of nitrogens with zero attached hydrogens (tertiary/aromatic N) is 1. The second-order valence-electron chi connectivity index (χ2n) is 2.19. The molecular formula is C6H13F2NO4P2. The van der Waals surface area contributed by atoms with Gasteiger partial charge in [-0.2, -0.15) is 8.39 Å². The fourth-order valence-electron chi connectivity index (χ4n) is 0.563. The lowest BCUT2D eigenvalue weighted by Crippen LogP contribution is -2.11. The molecule has 1 heterocycles. The fourth-order valence-corrected chi connectivity index (χ4v) is 0.563. The molecule has 0 aromatic rings. The van der Waals surface area contributed by atoms with Gasteiger partial charge in [-0.1, -0.05) is 12.2 Å². The summed E-state index contributed by atoms with van der Waals surface area (Å²) in [7, 11) is -4.19. The molecule has 1 rings (SSSR count). The third-order valence-corrected chi connectivity index (χ3v) is 0.981. The quantitative estimate of drug-likeness (QED) is 0.495. The highest BCUT2D eigenvalue weighted by molar-refractivity contribution is 7.39. The minimum Gasteiger partial charge on any atom is -0.377 e. The van der Waals surface area contributed by atoms with Gasteiger partial charge in [0.2, 0.25) is 0 Å². The Balaban J connectivity index is 0. The molecule has 0 aliphatic carbocycles. The molecule has 0 spiro atoms. The second kappa shape index (κ2) is 11.9. The van der Waals surface area contributed by atoms with Crippen LogP contribution in [0.5, 0.6) is 0 Å². The van der Waals surface area contributed by atoms with E-state index < -0.39 is 17.4 Å². The van der Waals surface area contributed by atoms with E-state index >= 15 is 0 Å². The molecule has 15 heavy (non-hydrogen) atoms. The molecule has 0 aromatic heterocycles. The van der Waals surface area contributed by atoms with Crippen LogP contribution in [0.4, 0.5) is 8.39 Å². The molecule has 1 aliphatic rings. The summed E-state index contributed by atoms with van der Waals surface area (Å²) >= 11 is 0. The first-order valence-corrected chi connectivity index (χ1v) is 5.84. The summed E-state index contributed by atoms with van der Waals surface area (Å²) in [6.07, 6.45) is 8.27. The van der Waals surface area contributed by atoms with Gasteiger partial charge < -0.3 is 24.5 Å². The maximum atomic E-state index is 10.2. The number of halogens is 2. The van der Waals surface area contributed by atoms with Gasteiger partial charge in [0.1, 0.15) is 0 Å². The first-order chi connectivity index (χ1) is 6.86. The van der Waals surface area contributed by atoms with Crippen molar-refractivity contribution in [2.24, 2.45) is 0 Å². The molecule has 1 aliphatic heterocycles. The Labute approximate surface area is 89.0 Å². The molecular weight excluding hydrogens is 250 g/mol. The second-order valence-corrected chi connectivity index (χ2v) is 3.15. The van der Waals surface area contributed by atoms with Crippen LogP contribution in [-0.4, -0.2) is 38.1 Å². The van der Waals surface area contributed by atoms with Crippen LogP contribution in [0.15, 0.2) is 24.4 Å². The fraction of sp³-hybridized carbons (Fsp3) is 0.333. The molecule has 0 bridgehead atoms. The van der Waals surface area contributed by atoms with Crippen LogP contribution in [0, 0.1) is 0 Å². The van der Waals surface area contributed by atoms with Gasteiger partial charge in [0.05, 0.1) is 0 Å². The van der Waals surface area contributed by atoms with Crippen molar-refractivity contribution in [1.82, 2.24) is 4.90 Å². The number of likely N-dealkylation sites (N-methyl/N-ethyl adjacent to an activating group) is 1. The van der Waals surface area contributed by atoms with Gasteiger partial charge >= 0.3 is 17.4 Å². The van der Waals surface area contributed by atoms with Crippen LogP contribution < -0.4 is 0 Å². The zero-order valence-electron chi connectivity index (χ0n) is 7.90. The Kier molecular flexibility index (Phi) is 13.7. The van der Waals surface area contributed by atoms with Gasteiger partial charge in [0, 0.05) is 13.6 Å². The van der Waals surface area contributed by atoms with Gasteiger partial charge in [0.15, 0.2) is 0 Å². The average Bonchev–Trinajstić information content (AvgIpc) is 2.03. The first kappa shape index (κ1) is 17.2. The van der Waals surface area contributed by atoms with Crippen molar-refractivity contribution in [2.45, 2.75) is 0 Å². The van der Waals surface area contributed by atoms with Crippen molar-refractivity contribution in [2.75, 3.05) is 13.6 Å². The molecule has 5 nitrogen and oxygen atoms in total. The SMILES string of the molecule is CN1C=CC=CC1.OP(O)F.OP(O)F. The van der Waals surface area contributed by atoms with E-state index in [0.717, 1.165) is 6.54 Å². The lowest BCUT2D eigenvalue weighted by molar-refractivity contribution is 0.426. The molecule has 9 heteroatoms. The largest absolute Gasteiger partial charge is 0.377 e. The monoisotopic (exact) mass is 263 g/mol. The summed E-state index contributed by atoms with van der Waals surface area (Å²) in [4.78, 5) is 30.2. The Bertz CT molecular complexity index is 180. The van der Waals surface area contributed by atoms with Gasteiger partial charge in [-0.05, 0) is 12.3 Å². The Morgan fingerprint density at radius 1 is 1.07 bits per heavy atom. The number of allylic oxidation sites excluding steroid dienone is 2. The Hall–Kier alpha value is -0.160. The first-order valence-electron chi connectivity index (χ1n) is 3.57. The highest BCUT2D eigenvalue weighted by Crippen LogP contribution is 2.22. The number of rotatable bonds is 0. The third kappa shape index (κ3) is 31.6. The summed E-state index contributed by atoms with van der Waals surface area (Å²) in [5.74, 6) is 0. The lowest BCUT2D eigenvalue weighted by Gasteiger charge is -2.11. The smallest absolute Gasteiger partial charge is 0.369 e. The summed E-state index contributed by atoms with van der Waals surface area (Å²) in [5, 5.41) is 0. The Morgan fingerprint density at radius 2 is 1.47 bits per heavy atom. The highest BCUT2D eigenvalue weighted by atomic mass is 31.2. The Morgan fingerprint density at radius 3 is 1.60 bits per heavy atom. The van der Waals surface area contributed by atoms with E-state index in [1.54, 1.807) is 0 Å². The topological polar surface area (TPSA) is 84.2 Å². The predicted molar refractivity (Wildman–Crippen MR) is 55.8 cm³/mol. The normalized spacial score (nSPS) is 13.3. The molecule has 0 fully saturated rings. The van der Waals surface area contributed by atoms with Gasteiger partial charge in [0.25, 0.3) is 0 Å².